The van der Waals surface area contributed by atoms with Crippen molar-refractivity contribution >= 4 is 16.9 Å². The fourth-order valence-corrected chi connectivity index (χ4v) is 4.53. The Kier molecular flexibility index (Phi) is 4.96. The summed E-state index contributed by atoms with van der Waals surface area (Å²) in [4.78, 5) is 28.8. The van der Waals surface area contributed by atoms with Crippen LogP contribution in [0.3, 0.4) is 0 Å². The molecule has 0 unspecified atom stereocenters. The average molecular weight is 445 g/mol. The lowest BCUT2D eigenvalue weighted by molar-refractivity contribution is 0.0701. The first kappa shape index (κ1) is 20.9. The van der Waals surface area contributed by atoms with Crippen LogP contribution in [-0.2, 0) is 6.54 Å². The molecule has 0 radical (unpaired) electrons. The third kappa shape index (κ3) is 3.36. The quantitative estimate of drug-likeness (QED) is 0.472. The van der Waals surface area contributed by atoms with Crippen molar-refractivity contribution in [1.29, 1.82) is 0 Å². The highest BCUT2D eigenvalue weighted by Crippen LogP contribution is 2.41. The van der Waals surface area contributed by atoms with E-state index in [1.54, 1.807) is 35.2 Å². The van der Waals surface area contributed by atoms with Crippen molar-refractivity contribution in [3.05, 3.63) is 92.7 Å². The van der Waals surface area contributed by atoms with Crippen molar-refractivity contribution in [1.82, 2.24) is 4.90 Å². The number of furan rings is 1. The van der Waals surface area contributed by atoms with Crippen LogP contribution in [-0.4, -0.2) is 22.5 Å². The van der Waals surface area contributed by atoms with E-state index in [2.05, 4.69) is 0 Å². The van der Waals surface area contributed by atoms with Crippen molar-refractivity contribution in [2.45, 2.75) is 33.4 Å². The molecule has 1 aliphatic heterocycles. The van der Waals surface area contributed by atoms with Gasteiger partial charge >= 0.3 is 0 Å². The van der Waals surface area contributed by atoms with Crippen LogP contribution >= 0.6 is 0 Å². The number of ether oxygens (including phenoxy) is 1. The normalized spacial score (nSPS) is 15.3. The number of phenols is 1. The highest BCUT2D eigenvalue weighted by molar-refractivity contribution is 5.99. The molecule has 0 saturated carbocycles. The van der Waals surface area contributed by atoms with Gasteiger partial charge in [0.2, 0.25) is 5.76 Å². The molecule has 33 heavy (non-hydrogen) atoms. The molecule has 0 saturated heterocycles. The summed E-state index contributed by atoms with van der Waals surface area (Å²) in [6.45, 7) is 6.10. The van der Waals surface area contributed by atoms with E-state index in [1.165, 1.54) is 12.3 Å². The molecule has 1 atom stereocenters. The zero-order chi connectivity index (χ0) is 23.3. The molecule has 4 aromatic rings. The lowest BCUT2D eigenvalue weighted by Gasteiger charge is -2.24. The monoisotopic (exact) mass is 445 g/mol. The second-order valence-electron chi connectivity index (χ2n) is 8.21. The molecule has 7 nitrogen and oxygen atoms in total. The molecule has 168 valence electrons. The minimum atomic E-state index is -0.723. The third-order valence-electron chi connectivity index (χ3n) is 5.90. The number of hydrogen-bond donors (Lipinski definition) is 1. The predicted molar refractivity (Wildman–Crippen MR) is 122 cm³/mol. The number of aromatic hydroxyl groups is 1. The van der Waals surface area contributed by atoms with Crippen LogP contribution in [0.25, 0.3) is 11.0 Å². The van der Waals surface area contributed by atoms with Crippen LogP contribution in [0.15, 0.2) is 62.4 Å². The molecule has 1 amide bonds. The van der Waals surface area contributed by atoms with Gasteiger partial charge < -0.3 is 23.6 Å². The third-order valence-corrected chi connectivity index (χ3v) is 5.90. The van der Waals surface area contributed by atoms with E-state index in [4.69, 9.17) is 13.6 Å². The number of phenolic OH excluding ortho intramolecular Hbond substituents is 1. The van der Waals surface area contributed by atoms with Crippen LogP contribution < -0.4 is 10.2 Å². The fraction of sp³-hybridized carbons (Fsp3) is 0.231. The highest BCUT2D eigenvalue weighted by Gasteiger charge is 2.43. The predicted octanol–water partition coefficient (Wildman–Crippen LogP) is 4.85. The van der Waals surface area contributed by atoms with E-state index in [1.807, 2.05) is 26.8 Å². The lowest BCUT2D eigenvalue weighted by Crippen LogP contribution is -2.29. The summed E-state index contributed by atoms with van der Waals surface area (Å²) in [6, 6.07) is 11.4. The van der Waals surface area contributed by atoms with E-state index in [9.17, 15) is 14.7 Å². The molecule has 0 bridgehead atoms. The van der Waals surface area contributed by atoms with Gasteiger partial charge in [-0.25, -0.2) is 0 Å². The van der Waals surface area contributed by atoms with E-state index in [-0.39, 0.29) is 34.8 Å². The van der Waals surface area contributed by atoms with Crippen LogP contribution in [0.1, 0.15) is 51.5 Å². The van der Waals surface area contributed by atoms with Crippen molar-refractivity contribution in [3.8, 4) is 11.5 Å². The molecular weight excluding hydrogens is 422 g/mol. The molecule has 0 fully saturated rings. The Morgan fingerprint density at radius 1 is 1.12 bits per heavy atom. The zero-order valence-corrected chi connectivity index (χ0v) is 18.5. The Labute approximate surface area is 189 Å². The Bertz CT molecular complexity index is 1430. The number of benzene rings is 2. The molecule has 1 N–H and O–H groups in total. The van der Waals surface area contributed by atoms with Gasteiger partial charge in [-0.15, -0.1) is 0 Å². The van der Waals surface area contributed by atoms with Gasteiger partial charge in [0.15, 0.2) is 16.9 Å². The standard InChI is InChI=1S/C26H23NO6/c1-4-31-20-12-16(7-8-19(20)28)22-21-23(29)18-11-14(2)10-15(3)24(18)33-25(21)26(30)27(22)13-17-6-5-9-32-17/h5-12,22,28H,4,13H2,1-3H3/t22-/m1/s1. The number of nitrogens with zero attached hydrogens (tertiary/aromatic N) is 1. The van der Waals surface area contributed by atoms with Crippen LogP contribution in [0.4, 0.5) is 0 Å². The van der Waals surface area contributed by atoms with E-state index < -0.39 is 11.9 Å². The van der Waals surface area contributed by atoms with Gasteiger partial charge in [0.25, 0.3) is 5.91 Å². The first-order valence-electron chi connectivity index (χ1n) is 10.8. The van der Waals surface area contributed by atoms with Crippen LogP contribution in [0, 0.1) is 13.8 Å². The number of carbonyl (C=O) groups excluding carboxylic acids is 1. The fourth-order valence-electron chi connectivity index (χ4n) is 4.53. The average Bonchev–Trinajstić information content (AvgIpc) is 3.39. The number of aryl methyl sites for hydroxylation is 2. The van der Waals surface area contributed by atoms with Gasteiger partial charge in [0.1, 0.15) is 11.3 Å². The Hall–Kier alpha value is -4.00. The van der Waals surface area contributed by atoms with Crippen LogP contribution in [0.5, 0.6) is 11.5 Å². The number of rotatable bonds is 5. The molecule has 0 spiro atoms. The van der Waals surface area contributed by atoms with Gasteiger partial charge in [0, 0.05) is 0 Å². The minimum absolute atomic E-state index is 0.0143. The summed E-state index contributed by atoms with van der Waals surface area (Å²) in [5.41, 5.74) is 2.80. The summed E-state index contributed by atoms with van der Waals surface area (Å²) in [6.07, 6.45) is 1.54. The molecular formula is C26H23NO6. The Morgan fingerprint density at radius 2 is 1.94 bits per heavy atom. The molecule has 7 heteroatoms. The SMILES string of the molecule is CCOc1cc([C@@H]2c3c(oc4c(C)cc(C)cc4c3=O)C(=O)N2Cc2ccco2)ccc1O. The van der Waals surface area contributed by atoms with Crippen molar-refractivity contribution in [2.24, 2.45) is 0 Å². The van der Waals surface area contributed by atoms with Gasteiger partial charge in [-0.2, -0.15) is 0 Å². The molecule has 0 aliphatic carbocycles. The van der Waals surface area contributed by atoms with E-state index >= 15 is 0 Å². The summed E-state index contributed by atoms with van der Waals surface area (Å²) in [7, 11) is 0. The Morgan fingerprint density at radius 3 is 2.67 bits per heavy atom. The molecule has 2 aromatic carbocycles. The first-order valence-corrected chi connectivity index (χ1v) is 10.8. The van der Waals surface area contributed by atoms with E-state index in [0.29, 0.717) is 28.9 Å². The number of carbonyl (C=O) groups is 1. The largest absolute Gasteiger partial charge is 0.504 e. The summed E-state index contributed by atoms with van der Waals surface area (Å²) < 4.78 is 17.1. The minimum Gasteiger partial charge on any atom is -0.504 e. The number of fused-ring (bicyclic) bond motifs is 2. The smallest absolute Gasteiger partial charge is 0.291 e. The molecule has 1 aliphatic rings. The Balaban J connectivity index is 1.76. The lowest BCUT2D eigenvalue weighted by atomic mass is 9.97. The van der Waals surface area contributed by atoms with Gasteiger partial charge in [-0.05, 0) is 67.8 Å². The summed E-state index contributed by atoms with van der Waals surface area (Å²) >= 11 is 0. The summed E-state index contributed by atoms with van der Waals surface area (Å²) in [5, 5.41) is 10.6. The zero-order valence-electron chi connectivity index (χ0n) is 18.5. The molecule has 5 rings (SSSR count). The maximum Gasteiger partial charge on any atom is 0.291 e. The highest BCUT2D eigenvalue weighted by atomic mass is 16.5. The second kappa shape index (κ2) is 7.85. The van der Waals surface area contributed by atoms with Crippen molar-refractivity contribution in [3.63, 3.8) is 0 Å². The maximum atomic E-state index is 13.7. The molecule has 3 heterocycles. The molecule has 2 aromatic heterocycles. The second-order valence-corrected chi connectivity index (χ2v) is 8.21. The topological polar surface area (TPSA) is 93.1 Å². The van der Waals surface area contributed by atoms with Crippen molar-refractivity contribution in [2.75, 3.05) is 6.61 Å². The number of hydrogen-bond acceptors (Lipinski definition) is 6. The van der Waals surface area contributed by atoms with Crippen LogP contribution in [0.2, 0.25) is 0 Å². The van der Waals surface area contributed by atoms with Gasteiger partial charge in [-0.1, -0.05) is 12.1 Å². The van der Waals surface area contributed by atoms with Gasteiger partial charge in [0.05, 0.1) is 36.4 Å². The number of amides is 1. The summed E-state index contributed by atoms with van der Waals surface area (Å²) in [5.74, 6) is 0.484. The van der Waals surface area contributed by atoms with Gasteiger partial charge in [-0.3, -0.25) is 9.59 Å². The van der Waals surface area contributed by atoms with Crippen molar-refractivity contribution < 1.29 is 23.5 Å². The first-order chi connectivity index (χ1) is 15.9. The maximum absolute atomic E-state index is 13.7. The van der Waals surface area contributed by atoms with E-state index in [0.717, 1.165) is 11.1 Å².